The third-order valence-electron chi connectivity index (χ3n) is 3.88. The van der Waals surface area contributed by atoms with Crippen LogP contribution in [-0.2, 0) is 9.59 Å². The molecule has 138 valence electrons. The lowest BCUT2D eigenvalue weighted by Crippen LogP contribution is -2.36. The van der Waals surface area contributed by atoms with E-state index in [2.05, 4.69) is 26.6 Å². The third-order valence-corrected chi connectivity index (χ3v) is 4.77. The Kier molecular flexibility index (Phi) is 6.63. The summed E-state index contributed by atoms with van der Waals surface area (Å²) in [7, 11) is 3.09. The van der Waals surface area contributed by atoms with Gasteiger partial charge in [-0.25, -0.2) is 0 Å². The maximum Gasteiger partial charge on any atom is 0.313 e. The van der Waals surface area contributed by atoms with Crippen LogP contribution in [-0.4, -0.2) is 26.0 Å². The first-order chi connectivity index (χ1) is 12.3. The molecule has 2 aromatic carbocycles. The van der Waals surface area contributed by atoms with Crippen LogP contribution in [0.4, 0.5) is 5.69 Å². The number of benzene rings is 2. The summed E-state index contributed by atoms with van der Waals surface area (Å²) < 4.78 is 11.4. The molecule has 1 unspecified atom stereocenters. The number of methoxy groups -OCH3 is 2. The number of anilines is 1. The van der Waals surface area contributed by atoms with Crippen LogP contribution >= 0.6 is 15.9 Å². The summed E-state index contributed by atoms with van der Waals surface area (Å²) in [4.78, 5) is 24.3. The van der Waals surface area contributed by atoms with Gasteiger partial charge in [-0.3, -0.25) is 9.59 Å². The third kappa shape index (κ3) is 4.76. The van der Waals surface area contributed by atoms with Gasteiger partial charge in [0.15, 0.2) is 11.5 Å². The first-order valence-corrected chi connectivity index (χ1v) is 8.75. The highest BCUT2D eigenvalue weighted by atomic mass is 79.9. The van der Waals surface area contributed by atoms with Crippen LogP contribution in [0.3, 0.4) is 0 Å². The van der Waals surface area contributed by atoms with E-state index < -0.39 is 11.8 Å². The number of nitrogens with one attached hydrogen (secondary N) is 2. The van der Waals surface area contributed by atoms with E-state index in [9.17, 15) is 9.59 Å². The zero-order chi connectivity index (χ0) is 19.3. The minimum absolute atomic E-state index is 0.375. The second-order valence-electron chi connectivity index (χ2n) is 5.73. The number of halogens is 1. The molecule has 0 aliphatic rings. The van der Waals surface area contributed by atoms with Crippen LogP contribution in [0.2, 0.25) is 0 Å². The predicted molar refractivity (Wildman–Crippen MR) is 104 cm³/mol. The van der Waals surface area contributed by atoms with E-state index in [4.69, 9.17) is 9.47 Å². The zero-order valence-corrected chi connectivity index (χ0v) is 16.6. The zero-order valence-electron chi connectivity index (χ0n) is 15.1. The Balaban J connectivity index is 2.03. The van der Waals surface area contributed by atoms with E-state index in [1.54, 1.807) is 45.4 Å². The number of hydrogen-bond acceptors (Lipinski definition) is 4. The van der Waals surface area contributed by atoms with Crippen LogP contribution in [0.25, 0.3) is 0 Å². The molecule has 2 amide bonds. The molecule has 6 nitrogen and oxygen atoms in total. The number of rotatable bonds is 5. The summed E-state index contributed by atoms with van der Waals surface area (Å²) >= 11 is 3.39. The highest BCUT2D eigenvalue weighted by Crippen LogP contribution is 2.29. The lowest BCUT2D eigenvalue weighted by Gasteiger charge is -2.16. The molecule has 7 heteroatoms. The van der Waals surface area contributed by atoms with E-state index in [0.29, 0.717) is 17.2 Å². The summed E-state index contributed by atoms with van der Waals surface area (Å²) in [6.07, 6.45) is 0. The van der Waals surface area contributed by atoms with E-state index in [-0.39, 0.29) is 6.04 Å². The molecule has 0 spiro atoms. The van der Waals surface area contributed by atoms with Crippen LogP contribution in [0, 0.1) is 6.92 Å². The normalized spacial score (nSPS) is 11.4. The highest BCUT2D eigenvalue weighted by Gasteiger charge is 2.18. The van der Waals surface area contributed by atoms with E-state index in [1.165, 1.54) is 0 Å². The van der Waals surface area contributed by atoms with Gasteiger partial charge in [0.1, 0.15) is 0 Å². The van der Waals surface area contributed by atoms with Gasteiger partial charge < -0.3 is 20.1 Å². The van der Waals surface area contributed by atoms with Crippen LogP contribution in [0.15, 0.2) is 40.9 Å². The fourth-order valence-corrected chi connectivity index (χ4v) is 2.62. The Morgan fingerprint density at radius 3 is 2.31 bits per heavy atom. The molecule has 0 radical (unpaired) electrons. The topological polar surface area (TPSA) is 76.7 Å². The van der Waals surface area contributed by atoms with Crippen LogP contribution < -0.4 is 20.1 Å². The average Bonchev–Trinajstić information content (AvgIpc) is 2.63. The number of hydrogen-bond donors (Lipinski definition) is 2. The van der Waals surface area contributed by atoms with Gasteiger partial charge in [0.25, 0.3) is 0 Å². The molecule has 2 N–H and O–H groups in total. The number of carbonyl (C=O) groups is 2. The molecule has 2 aromatic rings. The quantitative estimate of drug-likeness (QED) is 0.724. The first kappa shape index (κ1) is 19.8. The predicted octanol–water partition coefficient (Wildman–Crippen LogP) is 3.59. The first-order valence-electron chi connectivity index (χ1n) is 7.95. The van der Waals surface area contributed by atoms with Crippen molar-refractivity contribution in [2.75, 3.05) is 19.5 Å². The van der Waals surface area contributed by atoms with E-state index in [1.807, 2.05) is 19.1 Å². The molecular weight excluding hydrogens is 400 g/mol. The number of ether oxygens (including phenoxy) is 2. The number of amides is 2. The standard InChI is InChI=1S/C19H21BrN2O4/c1-11-9-14(6-7-15(11)20)22-19(24)18(23)21-12(2)13-5-8-16(25-3)17(10-13)26-4/h5-10,12H,1-4H3,(H,21,23)(H,22,24). The van der Waals surface area contributed by atoms with Gasteiger partial charge in [0.05, 0.1) is 20.3 Å². The summed E-state index contributed by atoms with van der Waals surface area (Å²) in [6.45, 7) is 3.69. The van der Waals surface area contributed by atoms with Crippen molar-refractivity contribution in [3.8, 4) is 11.5 Å². The second-order valence-corrected chi connectivity index (χ2v) is 6.58. The van der Waals surface area contributed by atoms with Crippen molar-refractivity contribution < 1.29 is 19.1 Å². The van der Waals surface area contributed by atoms with E-state index in [0.717, 1.165) is 15.6 Å². The van der Waals surface area contributed by atoms with Crippen molar-refractivity contribution in [2.24, 2.45) is 0 Å². The van der Waals surface area contributed by atoms with Gasteiger partial charge in [-0.1, -0.05) is 22.0 Å². The van der Waals surface area contributed by atoms with Crippen molar-refractivity contribution in [3.63, 3.8) is 0 Å². The Morgan fingerprint density at radius 1 is 1.00 bits per heavy atom. The Hall–Kier alpha value is -2.54. The maximum atomic E-state index is 12.2. The smallest absolute Gasteiger partial charge is 0.313 e. The van der Waals surface area contributed by atoms with Gasteiger partial charge >= 0.3 is 11.8 Å². The molecule has 2 rings (SSSR count). The lowest BCUT2D eigenvalue weighted by atomic mass is 10.1. The summed E-state index contributed by atoms with van der Waals surface area (Å²) in [5, 5.41) is 5.27. The van der Waals surface area contributed by atoms with Crippen molar-refractivity contribution in [1.29, 1.82) is 0 Å². The number of aryl methyl sites for hydroxylation is 1. The fourth-order valence-electron chi connectivity index (χ4n) is 2.38. The Labute approximate surface area is 161 Å². The number of carbonyl (C=O) groups excluding carboxylic acids is 2. The van der Waals surface area contributed by atoms with Crippen molar-refractivity contribution in [2.45, 2.75) is 19.9 Å². The Morgan fingerprint density at radius 2 is 1.69 bits per heavy atom. The van der Waals surface area contributed by atoms with Crippen LogP contribution in [0.5, 0.6) is 11.5 Å². The summed E-state index contributed by atoms with van der Waals surface area (Å²) in [5.41, 5.74) is 2.31. The van der Waals surface area contributed by atoms with E-state index >= 15 is 0 Å². The molecular formula is C19H21BrN2O4. The van der Waals surface area contributed by atoms with Gasteiger partial charge in [-0.15, -0.1) is 0 Å². The molecule has 26 heavy (non-hydrogen) atoms. The molecule has 0 heterocycles. The fraction of sp³-hybridized carbons (Fsp3) is 0.263. The van der Waals surface area contributed by atoms with Gasteiger partial charge in [-0.2, -0.15) is 0 Å². The summed E-state index contributed by atoms with van der Waals surface area (Å²) in [6, 6.07) is 10.3. The second kappa shape index (κ2) is 8.71. The average molecular weight is 421 g/mol. The Bertz CT molecular complexity index is 823. The molecule has 0 saturated carbocycles. The van der Waals surface area contributed by atoms with Crippen molar-refractivity contribution >= 4 is 33.4 Å². The minimum atomic E-state index is -0.723. The maximum absolute atomic E-state index is 12.2. The van der Waals surface area contributed by atoms with Gasteiger partial charge in [0.2, 0.25) is 0 Å². The molecule has 0 aromatic heterocycles. The minimum Gasteiger partial charge on any atom is -0.493 e. The molecule has 0 aliphatic carbocycles. The molecule has 0 fully saturated rings. The lowest BCUT2D eigenvalue weighted by molar-refractivity contribution is -0.136. The van der Waals surface area contributed by atoms with Gasteiger partial charge in [-0.05, 0) is 55.3 Å². The van der Waals surface area contributed by atoms with Crippen LogP contribution in [0.1, 0.15) is 24.1 Å². The van der Waals surface area contributed by atoms with Gasteiger partial charge in [0, 0.05) is 10.2 Å². The van der Waals surface area contributed by atoms with Crippen molar-refractivity contribution in [3.05, 3.63) is 52.0 Å². The summed E-state index contributed by atoms with van der Waals surface area (Å²) in [5.74, 6) is -0.286. The molecule has 0 aliphatic heterocycles. The monoisotopic (exact) mass is 420 g/mol. The molecule has 1 atom stereocenters. The molecule has 0 bridgehead atoms. The largest absolute Gasteiger partial charge is 0.493 e. The van der Waals surface area contributed by atoms with Crippen molar-refractivity contribution in [1.82, 2.24) is 5.32 Å². The highest BCUT2D eigenvalue weighted by molar-refractivity contribution is 9.10. The SMILES string of the molecule is COc1ccc(C(C)NC(=O)C(=O)Nc2ccc(Br)c(C)c2)cc1OC. The molecule has 0 saturated heterocycles.